The first kappa shape index (κ1) is 14.2. The van der Waals surface area contributed by atoms with E-state index in [4.69, 9.17) is 0 Å². The molecule has 4 rings (SSSR count). The minimum Gasteiger partial charge on any atom is -0.300 e. The van der Waals surface area contributed by atoms with Gasteiger partial charge in [-0.15, -0.1) is 11.8 Å². The molecule has 2 saturated heterocycles. The van der Waals surface area contributed by atoms with Gasteiger partial charge in [-0.05, 0) is 50.4 Å². The summed E-state index contributed by atoms with van der Waals surface area (Å²) in [5.41, 5.74) is 2.27. The van der Waals surface area contributed by atoms with Crippen LogP contribution in [0.1, 0.15) is 25.7 Å². The number of hydrogen-bond donors (Lipinski definition) is 0. The van der Waals surface area contributed by atoms with Gasteiger partial charge in [0.2, 0.25) is 0 Å². The van der Waals surface area contributed by atoms with E-state index in [1.165, 1.54) is 36.1 Å². The van der Waals surface area contributed by atoms with Crippen molar-refractivity contribution in [2.75, 3.05) is 7.05 Å². The molecular weight excluding hydrogens is 290 g/mol. The van der Waals surface area contributed by atoms with Crippen LogP contribution in [0, 0.1) is 0 Å². The Labute approximate surface area is 136 Å². The molecular formula is C18H21N3S. The summed E-state index contributed by atoms with van der Waals surface area (Å²) in [7, 11) is 2.31. The molecule has 2 aromatic rings. The van der Waals surface area contributed by atoms with E-state index < -0.39 is 0 Å². The summed E-state index contributed by atoms with van der Waals surface area (Å²) in [6, 6.07) is 10.5. The molecule has 0 unspecified atom stereocenters. The number of nitrogens with zero attached hydrogens (tertiary/aromatic N) is 3. The highest BCUT2D eigenvalue weighted by Crippen LogP contribution is 2.41. The molecule has 2 aliphatic heterocycles. The lowest BCUT2D eigenvalue weighted by atomic mass is 10.0. The molecule has 0 aliphatic carbocycles. The minimum atomic E-state index is 0.777. The van der Waals surface area contributed by atoms with Gasteiger partial charge in [0, 0.05) is 40.2 Å². The Morgan fingerprint density at radius 1 is 0.955 bits per heavy atom. The number of hydrogen-bond acceptors (Lipinski definition) is 4. The first-order chi connectivity index (χ1) is 10.8. The van der Waals surface area contributed by atoms with Crippen LogP contribution in [0.25, 0.3) is 11.1 Å². The van der Waals surface area contributed by atoms with Gasteiger partial charge in [0.1, 0.15) is 6.33 Å². The number of benzene rings is 1. The van der Waals surface area contributed by atoms with Crippen molar-refractivity contribution in [2.24, 2.45) is 0 Å². The molecule has 3 atom stereocenters. The van der Waals surface area contributed by atoms with Gasteiger partial charge in [0.15, 0.2) is 0 Å². The third-order valence-corrected chi connectivity index (χ3v) is 6.37. The lowest BCUT2D eigenvalue weighted by Crippen LogP contribution is -2.40. The smallest absolute Gasteiger partial charge is 0.115 e. The zero-order valence-corrected chi connectivity index (χ0v) is 13.7. The highest BCUT2D eigenvalue weighted by atomic mass is 32.2. The Morgan fingerprint density at radius 2 is 1.59 bits per heavy atom. The zero-order valence-electron chi connectivity index (χ0n) is 12.9. The third-order valence-electron chi connectivity index (χ3n) is 5.11. The van der Waals surface area contributed by atoms with Gasteiger partial charge in [-0.25, -0.2) is 9.97 Å². The van der Waals surface area contributed by atoms with Gasteiger partial charge in [-0.1, -0.05) is 12.1 Å². The molecule has 1 aromatic heterocycles. The summed E-state index contributed by atoms with van der Waals surface area (Å²) in [6.45, 7) is 0. The van der Waals surface area contributed by atoms with Gasteiger partial charge in [0.05, 0.1) is 0 Å². The molecule has 3 heterocycles. The van der Waals surface area contributed by atoms with Crippen LogP contribution in [-0.4, -0.2) is 39.2 Å². The van der Waals surface area contributed by atoms with Crippen molar-refractivity contribution in [3.63, 3.8) is 0 Å². The zero-order chi connectivity index (χ0) is 14.9. The van der Waals surface area contributed by atoms with Crippen molar-refractivity contribution < 1.29 is 0 Å². The van der Waals surface area contributed by atoms with Crippen LogP contribution < -0.4 is 0 Å². The summed E-state index contributed by atoms with van der Waals surface area (Å²) in [5.74, 6) is 0. The fourth-order valence-electron chi connectivity index (χ4n) is 3.82. The Kier molecular flexibility index (Phi) is 3.89. The summed E-state index contributed by atoms with van der Waals surface area (Å²) in [4.78, 5) is 12.2. The second kappa shape index (κ2) is 6.01. The molecule has 0 saturated carbocycles. The molecule has 3 nitrogen and oxygen atoms in total. The third kappa shape index (κ3) is 2.77. The van der Waals surface area contributed by atoms with Crippen LogP contribution in [0.15, 0.2) is 47.9 Å². The van der Waals surface area contributed by atoms with E-state index in [0.717, 1.165) is 22.9 Å². The Hall–Kier alpha value is -1.39. The standard InChI is InChI=1S/C18H21N3S/c1-21-15-4-5-16(21)9-18(8-15)22-17-6-2-13(3-7-17)14-10-19-12-20-11-14/h2-3,6-7,10-12,15-16,18H,4-5,8-9H2,1H3/t15-,16+,18-. The van der Waals surface area contributed by atoms with E-state index in [0.29, 0.717) is 0 Å². The normalized spacial score (nSPS) is 28.0. The Bertz CT molecular complexity index is 615. The van der Waals surface area contributed by atoms with Crippen molar-refractivity contribution in [3.05, 3.63) is 43.0 Å². The quantitative estimate of drug-likeness (QED) is 0.860. The molecule has 4 heteroatoms. The maximum atomic E-state index is 4.09. The Balaban J connectivity index is 1.44. The van der Waals surface area contributed by atoms with Crippen LogP contribution in [0.3, 0.4) is 0 Å². The van der Waals surface area contributed by atoms with E-state index in [-0.39, 0.29) is 0 Å². The van der Waals surface area contributed by atoms with Gasteiger partial charge < -0.3 is 4.90 Å². The van der Waals surface area contributed by atoms with Gasteiger partial charge in [0.25, 0.3) is 0 Å². The van der Waals surface area contributed by atoms with E-state index in [1.54, 1.807) is 6.33 Å². The van der Waals surface area contributed by atoms with Crippen molar-refractivity contribution in [3.8, 4) is 11.1 Å². The monoisotopic (exact) mass is 311 g/mol. The average Bonchev–Trinajstić information content (AvgIpc) is 2.78. The first-order valence-corrected chi connectivity index (χ1v) is 8.91. The predicted octanol–water partition coefficient (Wildman–Crippen LogP) is 3.86. The summed E-state index contributed by atoms with van der Waals surface area (Å²) in [6.07, 6.45) is 10.8. The maximum Gasteiger partial charge on any atom is 0.115 e. The van der Waals surface area contributed by atoms with Crippen LogP contribution in [0.2, 0.25) is 0 Å². The number of fused-ring (bicyclic) bond motifs is 2. The summed E-state index contributed by atoms with van der Waals surface area (Å²) >= 11 is 2.06. The summed E-state index contributed by atoms with van der Waals surface area (Å²) < 4.78 is 0. The molecule has 0 spiro atoms. The Morgan fingerprint density at radius 3 is 2.23 bits per heavy atom. The number of aromatic nitrogens is 2. The lowest BCUT2D eigenvalue weighted by molar-refractivity contribution is 0.183. The van der Waals surface area contributed by atoms with E-state index in [2.05, 4.69) is 57.9 Å². The van der Waals surface area contributed by atoms with Crippen molar-refractivity contribution >= 4 is 11.8 Å². The van der Waals surface area contributed by atoms with E-state index in [1.807, 2.05) is 12.4 Å². The molecule has 1 aromatic carbocycles. The molecule has 114 valence electrons. The lowest BCUT2D eigenvalue weighted by Gasteiger charge is -2.36. The fraction of sp³-hybridized carbons (Fsp3) is 0.444. The largest absolute Gasteiger partial charge is 0.300 e. The number of rotatable bonds is 3. The van der Waals surface area contributed by atoms with Crippen molar-refractivity contribution in [1.82, 2.24) is 14.9 Å². The molecule has 0 amide bonds. The highest BCUT2D eigenvalue weighted by Gasteiger charge is 2.38. The van der Waals surface area contributed by atoms with Gasteiger partial charge >= 0.3 is 0 Å². The van der Waals surface area contributed by atoms with Crippen LogP contribution in [-0.2, 0) is 0 Å². The molecule has 22 heavy (non-hydrogen) atoms. The van der Waals surface area contributed by atoms with Gasteiger partial charge in [-0.3, -0.25) is 0 Å². The number of piperidine rings is 1. The number of thioether (sulfide) groups is 1. The van der Waals surface area contributed by atoms with Gasteiger partial charge in [-0.2, -0.15) is 0 Å². The molecule has 0 radical (unpaired) electrons. The minimum absolute atomic E-state index is 0.777. The van der Waals surface area contributed by atoms with Crippen molar-refractivity contribution in [2.45, 2.75) is 47.9 Å². The molecule has 2 aliphatic rings. The van der Waals surface area contributed by atoms with E-state index in [9.17, 15) is 0 Å². The second-order valence-corrected chi connectivity index (χ2v) is 7.79. The predicted molar refractivity (Wildman–Crippen MR) is 90.9 cm³/mol. The van der Waals surface area contributed by atoms with Crippen LogP contribution >= 0.6 is 11.8 Å². The van der Waals surface area contributed by atoms with Crippen LogP contribution in [0.5, 0.6) is 0 Å². The summed E-state index contributed by atoms with van der Waals surface area (Å²) in [5, 5.41) is 0.777. The first-order valence-electron chi connectivity index (χ1n) is 8.03. The van der Waals surface area contributed by atoms with E-state index >= 15 is 0 Å². The molecule has 2 fully saturated rings. The highest BCUT2D eigenvalue weighted by molar-refractivity contribution is 8.00. The van der Waals surface area contributed by atoms with Crippen LogP contribution in [0.4, 0.5) is 0 Å². The topological polar surface area (TPSA) is 29.0 Å². The van der Waals surface area contributed by atoms with Crippen molar-refractivity contribution in [1.29, 1.82) is 0 Å². The molecule has 2 bridgehead atoms. The fourth-order valence-corrected chi connectivity index (χ4v) is 5.14. The molecule has 0 N–H and O–H groups in total. The SMILES string of the molecule is CN1[C@@H]2CC[C@H]1C[C@H](Sc1ccc(-c3cncnc3)cc1)C2. The second-order valence-electron chi connectivity index (χ2n) is 6.41. The maximum absolute atomic E-state index is 4.09. The average molecular weight is 311 g/mol.